The lowest BCUT2D eigenvalue weighted by atomic mass is 9.98. The van der Waals surface area contributed by atoms with Crippen LogP contribution in [0.5, 0.6) is 0 Å². The van der Waals surface area contributed by atoms with Crippen LogP contribution < -0.4 is 5.32 Å². The van der Waals surface area contributed by atoms with Crippen molar-refractivity contribution < 1.29 is 50.0 Å². The number of carbonyl (C=O) groups is 1. The quantitative estimate of drug-likeness (QED) is 0.0323. The summed E-state index contributed by atoms with van der Waals surface area (Å²) in [6.45, 7) is 5.68. The summed E-state index contributed by atoms with van der Waals surface area (Å²) in [5, 5.41) is 75.4. The maximum atomic E-state index is 13.0. The summed E-state index contributed by atoms with van der Waals surface area (Å²) >= 11 is 0. The molecule has 54 heavy (non-hydrogen) atoms. The second-order valence-corrected chi connectivity index (χ2v) is 16.6. The summed E-state index contributed by atoms with van der Waals surface area (Å²) < 4.78 is 11.1. The van der Waals surface area contributed by atoms with E-state index in [1.807, 2.05) is 0 Å². The molecule has 0 bridgehead atoms. The van der Waals surface area contributed by atoms with E-state index in [1.54, 1.807) is 0 Å². The molecule has 0 aromatic carbocycles. The van der Waals surface area contributed by atoms with Gasteiger partial charge in [-0.15, -0.1) is 0 Å². The average Bonchev–Trinajstić information content (AvgIpc) is 3.15. The molecule has 0 saturated carbocycles. The van der Waals surface area contributed by atoms with Crippen LogP contribution in [0.25, 0.3) is 0 Å². The zero-order valence-corrected chi connectivity index (χ0v) is 34.6. The minimum absolute atomic E-state index is 0.265. The van der Waals surface area contributed by atoms with Gasteiger partial charge in [0.05, 0.1) is 25.4 Å². The van der Waals surface area contributed by atoms with Crippen molar-refractivity contribution in [2.75, 3.05) is 13.2 Å². The summed E-state index contributed by atoms with van der Waals surface area (Å²) in [5.41, 5.74) is 0. The molecule has 322 valence electrons. The van der Waals surface area contributed by atoms with Crippen LogP contribution in [0.3, 0.4) is 0 Å². The van der Waals surface area contributed by atoms with Crippen molar-refractivity contribution in [1.29, 1.82) is 0 Å². The fourth-order valence-corrected chi connectivity index (χ4v) is 7.33. The maximum Gasteiger partial charge on any atom is 0.249 e. The van der Waals surface area contributed by atoms with Gasteiger partial charge in [-0.25, -0.2) is 0 Å². The molecule has 0 aromatic rings. The van der Waals surface area contributed by atoms with Gasteiger partial charge in [-0.2, -0.15) is 0 Å². The zero-order valence-electron chi connectivity index (χ0n) is 34.6. The number of unbranched alkanes of at least 4 members (excludes halogenated alkanes) is 22. The van der Waals surface area contributed by atoms with Crippen molar-refractivity contribution >= 4 is 5.91 Å². The Morgan fingerprint density at radius 1 is 0.611 bits per heavy atom. The molecular formula is C43H85NO10. The Hall–Kier alpha value is -0.890. The van der Waals surface area contributed by atoms with Crippen molar-refractivity contribution in [3.63, 3.8) is 0 Å². The third-order valence-corrected chi connectivity index (χ3v) is 11.1. The molecule has 1 fully saturated rings. The van der Waals surface area contributed by atoms with Crippen LogP contribution in [0, 0.1) is 5.92 Å². The standard InChI is InChI=1S/C43H85NO10/c1-4-5-6-7-8-9-10-11-12-13-14-15-16-17-20-24-27-30-36(47)42(52)44-34(32-53-43-41(51)40(50)39(49)37(31-45)54-43)38(48)35(46)29-26-23-21-18-19-22-25-28-33(2)3/h33-41,43,45-51H,4-32H2,1-3H3,(H,44,52). The van der Waals surface area contributed by atoms with Gasteiger partial charge in [0.2, 0.25) is 5.91 Å². The third-order valence-electron chi connectivity index (χ3n) is 11.1. The zero-order chi connectivity index (χ0) is 40.0. The first-order chi connectivity index (χ1) is 26.0. The normalized spacial score (nSPS) is 22.7. The van der Waals surface area contributed by atoms with Gasteiger partial charge in [0.1, 0.15) is 36.6 Å². The van der Waals surface area contributed by atoms with Crippen molar-refractivity contribution in [2.45, 2.75) is 249 Å². The molecule has 0 aromatic heterocycles. The molecule has 11 heteroatoms. The second-order valence-electron chi connectivity index (χ2n) is 16.6. The van der Waals surface area contributed by atoms with Gasteiger partial charge in [0, 0.05) is 0 Å². The molecule has 9 atom stereocenters. The molecule has 1 aliphatic rings. The number of amides is 1. The Morgan fingerprint density at radius 2 is 1.04 bits per heavy atom. The van der Waals surface area contributed by atoms with Crippen LogP contribution in [0.2, 0.25) is 0 Å². The number of hydrogen-bond acceptors (Lipinski definition) is 10. The number of hydrogen-bond donors (Lipinski definition) is 8. The lowest BCUT2D eigenvalue weighted by Gasteiger charge is -2.40. The number of rotatable bonds is 36. The Bertz CT molecular complexity index is 864. The molecular weight excluding hydrogens is 690 g/mol. The predicted molar refractivity (Wildman–Crippen MR) is 215 cm³/mol. The Balaban J connectivity index is 2.44. The van der Waals surface area contributed by atoms with Crippen molar-refractivity contribution in [3.05, 3.63) is 0 Å². The van der Waals surface area contributed by atoms with Crippen LogP contribution in [0.4, 0.5) is 0 Å². The van der Waals surface area contributed by atoms with E-state index in [1.165, 1.54) is 109 Å². The molecule has 1 amide bonds. The van der Waals surface area contributed by atoms with Gasteiger partial charge in [0.25, 0.3) is 0 Å². The summed E-state index contributed by atoms with van der Waals surface area (Å²) in [4.78, 5) is 13.0. The first-order valence-corrected chi connectivity index (χ1v) is 22.3. The molecule has 1 aliphatic heterocycles. The van der Waals surface area contributed by atoms with E-state index in [2.05, 4.69) is 26.1 Å². The fraction of sp³-hybridized carbons (Fsp3) is 0.977. The van der Waals surface area contributed by atoms with E-state index in [-0.39, 0.29) is 6.42 Å². The monoisotopic (exact) mass is 776 g/mol. The number of ether oxygens (including phenoxy) is 2. The molecule has 11 nitrogen and oxygen atoms in total. The highest BCUT2D eigenvalue weighted by molar-refractivity contribution is 5.80. The summed E-state index contributed by atoms with van der Waals surface area (Å²) in [5.74, 6) is 0.0311. The highest BCUT2D eigenvalue weighted by atomic mass is 16.7. The smallest absolute Gasteiger partial charge is 0.249 e. The van der Waals surface area contributed by atoms with E-state index in [4.69, 9.17) is 9.47 Å². The third kappa shape index (κ3) is 24.0. The van der Waals surface area contributed by atoms with Crippen LogP contribution in [-0.4, -0.2) is 110 Å². The number of carbonyl (C=O) groups excluding carboxylic acids is 1. The number of aliphatic hydroxyl groups excluding tert-OH is 7. The highest BCUT2D eigenvalue weighted by Gasteiger charge is 2.44. The molecule has 0 spiro atoms. The molecule has 8 N–H and O–H groups in total. The number of aliphatic hydroxyl groups is 7. The van der Waals surface area contributed by atoms with Crippen molar-refractivity contribution in [3.8, 4) is 0 Å². The fourth-order valence-electron chi connectivity index (χ4n) is 7.33. The summed E-state index contributed by atoms with van der Waals surface area (Å²) in [7, 11) is 0. The minimum Gasteiger partial charge on any atom is -0.394 e. The molecule has 1 rings (SSSR count). The predicted octanol–water partition coefficient (Wildman–Crippen LogP) is 6.58. The molecule has 9 unspecified atom stereocenters. The van der Waals surface area contributed by atoms with Crippen LogP contribution >= 0.6 is 0 Å². The highest BCUT2D eigenvalue weighted by Crippen LogP contribution is 2.23. The lowest BCUT2D eigenvalue weighted by molar-refractivity contribution is -0.303. The van der Waals surface area contributed by atoms with Gasteiger partial charge < -0.3 is 50.5 Å². The Labute approximate surface area is 329 Å². The van der Waals surface area contributed by atoms with Crippen LogP contribution in [0.15, 0.2) is 0 Å². The van der Waals surface area contributed by atoms with E-state index >= 15 is 0 Å². The van der Waals surface area contributed by atoms with Gasteiger partial charge in [-0.3, -0.25) is 4.79 Å². The minimum atomic E-state index is -1.66. The summed E-state index contributed by atoms with van der Waals surface area (Å²) in [6.07, 6.45) is 18.9. The van der Waals surface area contributed by atoms with Gasteiger partial charge in [-0.05, 0) is 18.8 Å². The molecule has 0 aliphatic carbocycles. The molecule has 1 heterocycles. The van der Waals surface area contributed by atoms with Gasteiger partial charge >= 0.3 is 0 Å². The second kappa shape index (κ2) is 33.1. The average molecular weight is 776 g/mol. The van der Waals surface area contributed by atoms with Crippen molar-refractivity contribution in [2.24, 2.45) is 5.92 Å². The van der Waals surface area contributed by atoms with E-state index < -0.39 is 74.2 Å². The summed E-state index contributed by atoms with van der Waals surface area (Å²) in [6, 6.07) is -1.16. The molecule has 0 radical (unpaired) electrons. The maximum absolute atomic E-state index is 13.0. The number of nitrogens with one attached hydrogen (secondary N) is 1. The van der Waals surface area contributed by atoms with Gasteiger partial charge in [-0.1, -0.05) is 181 Å². The largest absolute Gasteiger partial charge is 0.394 e. The first kappa shape index (κ1) is 51.1. The van der Waals surface area contributed by atoms with Crippen molar-refractivity contribution in [1.82, 2.24) is 5.32 Å². The Kier molecular flexibility index (Phi) is 31.4. The van der Waals surface area contributed by atoms with E-state index in [0.717, 1.165) is 44.4 Å². The van der Waals surface area contributed by atoms with E-state index in [9.17, 15) is 40.5 Å². The first-order valence-electron chi connectivity index (χ1n) is 22.3. The Morgan fingerprint density at radius 3 is 1.48 bits per heavy atom. The SMILES string of the molecule is CCCCCCCCCCCCCCCCCCCC(O)C(=O)NC(COC1OC(CO)C(O)C(O)C1O)C(O)C(O)CCCCCCCCCC(C)C. The van der Waals surface area contributed by atoms with Crippen LogP contribution in [-0.2, 0) is 14.3 Å². The van der Waals surface area contributed by atoms with E-state index in [0.29, 0.717) is 19.3 Å². The molecule has 1 saturated heterocycles. The lowest BCUT2D eigenvalue weighted by Crippen LogP contribution is -2.60. The topological polar surface area (TPSA) is 189 Å². The van der Waals surface area contributed by atoms with Gasteiger partial charge in [0.15, 0.2) is 6.29 Å². The van der Waals surface area contributed by atoms with Crippen LogP contribution in [0.1, 0.15) is 194 Å².